The molecule has 2 unspecified atom stereocenters. The molecular formula is C22H15F4NO3. The Labute approximate surface area is 169 Å². The molecule has 3 aromatic rings. The smallest absolute Gasteiger partial charge is 0.324 e. The molecule has 1 saturated heterocycles. The number of benzene rings is 2. The van der Waals surface area contributed by atoms with E-state index in [-0.39, 0.29) is 5.75 Å². The van der Waals surface area contributed by atoms with Crippen LogP contribution in [-0.4, -0.2) is 17.9 Å². The molecule has 0 amide bonds. The van der Waals surface area contributed by atoms with E-state index in [0.29, 0.717) is 17.9 Å². The minimum atomic E-state index is -3.69. The summed E-state index contributed by atoms with van der Waals surface area (Å²) in [5.74, 6) is -5.58. The fourth-order valence-electron chi connectivity index (χ4n) is 3.20. The summed E-state index contributed by atoms with van der Waals surface area (Å²) in [6, 6.07) is 13.3. The van der Waals surface area contributed by atoms with E-state index in [1.165, 1.54) is 6.07 Å². The van der Waals surface area contributed by atoms with E-state index in [4.69, 9.17) is 9.47 Å². The quantitative estimate of drug-likeness (QED) is 0.318. The van der Waals surface area contributed by atoms with Crippen LogP contribution in [0.1, 0.15) is 22.9 Å². The van der Waals surface area contributed by atoms with Crippen LogP contribution < -0.4 is 4.74 Å². The Bertz CT molecular complexity index is 1050. The maximum atomic E-state index is 15.1. The van der Waals surface area contributed by atoms with Crippen LogP contribution in [0.5, 0.6) is 5.75 Å². The van der Waals surface area contributed by atoms with Gasteiger partial charge in [-0.2, -0.15) is 8.78 Å². The van der Waals surface area contributed by atoms with Crippen molar-refractivity contribution < 1.29 is 31.8 Å². The maximum absolute atomic E-state index is 15.1. The number of hydrogen-bond donors (Lipinski definition) is 0. The fourth-order valence-corrected chi connectivity index (χ4v) is 3.20. The van der Waals surface area contributed by atoms with E-state index in [9.17, 15) is 13.6 Å². The molecule has 1 fully saturated rings. The first-order valence-electron chi connectivity index (χ1n) is 8.98. The first kappa shape index (κ1) is 20.0. The number of carbonyl (C=O) groups is 1. The molecule has 1 aromatic heterocycles. The van der Waals surface area contributed by atoms with E-state index in [1.807, 2.05) is 0 Å². The lowest BCUT2D eigenvalue weighted by Gasteiger charge is -2.24. The summed E-state index contributed by atoms with van der Waals surface area (Å²) < 4.78 is 68.0. The lowest BCUT2D eigenvalue weighted by atomic mass is 9.90. The molecule has 4 nitrogen and oxygen atoms in total. The van der Waals surface area contributed by atoms with Crippen molar-refractivity contribution in [2.75, 3.05) is 6.61 Å². The third-order valence-corrected chi connectivity index (χ3v) is 4.88. The Morgan fingerprint density at radius 2 is 1.83 bits per heavy atom. The number of rotatable bonds is 7. The number of epoxide rings is 1. The van der Waals surface area contributed by atoms with Gasteiger partial charge in [0.2, 0.25) is 0 Å². The lowest BCUT2D eigenvalue weighted by molar-refractivity contribution is -0.114. The number of halogens is 4. The second-order valence-corrected chi connectivity index (χ2v) is 6.78. The number of hydrogen-bond acceptors (Lipinski definition) is 4. The topological polar surface area (TPSA) is 51.7 Å². The van der Waals surface area contributed by atoms with Gasteiger partial charge in [0, 0.05) is 11.6 Å². The van der Waals surface area contributed by atoms with Gasteiger partial charge < -0.3 is 9.47 Å². The molecule has 8 heteroatoms. The van der Waals surface area contributed by atoms with Gasteiger partial charge in [0.25, 0.3) is 0 Å². The molecular weight excluding hydrogens is 402 g/mol. The SMILES string of the molecule is O=CC(Oc1ccc(C(F)(F)C2(c3ccc(F)cc3F)CO2)nc1)c1ccccc1. The molecule has 0 bridgehead atoms. The number of alkyl halides is 2. The van der Waals surface area contributed by atoms with Crippen LogP contribution >= 0.6 is 0 Å². The van der Waals surface area contributed by atoms with Crippen molar-refractivity contribution in [2.24, 2.45) is 0 Å². The predicted octanol–water partition coefficient (Wildman–Crippen LogP) is 4.70. The van der Waals surface area contributed by atoms with Gasteiger partial charge in [-0.3, -0.25) is 9.78 Å². The van der Waals surface area contributed by atoms with E-state index >= 15 is 8.78 Å². The molecule has 0 spiro atoms. The predicted molar refractivity (Wildman–Crippen MR) is 98.0 cm³/mol. The van der Waals surface area contributed by atoms with Gasteiger partial charge in [0.15, 0.2) is 18.0 Å². The molecule has 0 aliphatic carbocycles. The van der Waals surface area contributed by atoms with Gasteiger partial charge in [-0.15, -0.1) is 0 Å². The van der Waals surface area contributed by atoms with E-state index in [0.717, 1.165) is 24.4 Å². The van der Waals surface area contributed by atoms with Crippen molar-refractivity contribution >= 4 is 6.29 Å². The van der Waals surface area contributed by atoms with Crippen molar-refractivity contribution in [2.45, 2.75) is 17.6 Å². The van der Waals surface area contributed by atoms with Gasteiger partial charge in [0.1, 0.15) is 23.1 Å². The van der Waals surface area contributed by atoms with Gasteiger partial charge in [-0.05, 0) is 29.8 Å². The molecule has 4 rings (SSSR count). The van der Waals surface area contributed by atoms with Crippen molar-refractivity contribution in [3.8, 4) is 5.75 Å². The molecule has 1 aliphatic heterocycles. The van der Waals surface area contributed by atoms with Gasteiger partial charge >= 0.3 is 5.92 Å². The Kier molecular flexibility index (Phi) is 5.03. The zero-order valence-electron chi connectivity index (χ0n) is 15.4. The average molecular weight is 417 g/mol. The van der Waals surface area contributed by atoms with E-state index in [1.54, 1.807) is 30.3 Å². The highest BCUT2D eigenvalue weighted by Crippen LogP contribution is 2.56. The number of aldehydes is 1. The molecule has 2 heterocycles. The second kappa shape index (κ2) is 7.53. The van der Waals surface area contributed by atoms with Crippen molar-refractivity contribution in [3.63, 3.8) is 0 Å². The van der Waals surface area contributed by atoms with Gasteiger partial charge in [0.05, 0.1) is 12.8 Å². The summed E-state index contributed by atoms with van der Waals surface area (Å²) in [6.07, 6.45) is 0.716. The first-order valence-corrected chi connectivity index (χ1v) is 8.98. The molecule has 2 aromatic carbocycles. The summed E-state index contributed by atoms with van der Waals surface area (Å²) in [7, 11) is 0. The first-order chi connectivity index (χ1) is 14.4. The zero-order chi connectivity index (χ0) is 21.4. The number of carbonyl (C=O) groups excluding carboxylic acids is 1. The Morgan fingerprint density at radius 1 is 1.10 bits per heavy atom. The van der Waals surface area contributed by atoms with Gasteiger partial charge in [-0.1, -0.05) is 30.3 Å². The summed E-state index contributed by atoms with van der Waals surface area (Å²) >= 11 is 0. The summed E-state index contributed by atoms with van der Waals surface area (Å²) in [5, 5.41) is 0. The van der Waals surface area contributed by atoms with Crippen LogP contribution in [0.2, 0.25) is 0 Å². The number of nitrogens with zero attached hydrogens (tertiary/aromatic N) is 1. The van der Waals surface area contributed by atoms with Crippen LogP contribution in [-0.2, 0) is 21.1 Å². The van der Waals surface area contributed by atoms with Crippen LogP contribution in [0.3, 0.4) is 0 Å². The number of ether oxygens (including phenoxy) is 2. The third kappa shape index (κ3) is 3.43. The van der Waals surface area contributed by atoms with Crippen molar-refractivity contribution in [1.82, 2.24) is 4.98 Å². The molecule has 1 aliphatic rings. The Balaban J connectivity index is 1.58. The molecule has 154 valence electrons. The molecule has 2 atom stereocenters. The third-order valence-electron chi connectivity index (χ3n) is 4.88. The maximum Gasteiger partial charge on any atom is 0.324 e. The number of aromatic nitrogens is 1. The Morgan fingerprint density at radius 3 is 2.40 bits per heavy atom. The summed E-state index contributed by atoms with van der Waals surface area (Å²) in [5.41, 5.74) is -2.77. The highest BCUT2D eigenvalue weighted by atomic mass is 19.3. The summed E-state index contributed by atoms with van der Waals surface area (Å²) in [6.45, 7) is -0.441. The van der Waals surface area contributed by atoms with Crippen LogP contribution in [0.15, 0.2) is 66.9 Å². The largest absolute Gasteiger partial charge is 0.477 e. The number of pyridine rings is 1. The normalized spacial score (nSPS) is 19.2. The minimum Gasteiger partial charge on any atom is -0.477 e. The summed E-state index contributed by atoms with van der Waals surface area (Å²) in [4.78, 5) is 15.1. The minimum absolute atomic E-state index is 0.106. The monoisotopic (exact) mass is 417 g/mol. The molecule has 30 heavy (non-hydrogen) atoms. The molecule has 0 N–H and O–H groups in total. The fraction of sp³-hybridized carbons (Fsp3) is 0.182. The van der Waals surface area contributed by atoms with E-state index < -0.39 is 47.1 Å². The standard InChI is InChI=1S/C22H15F4NO3/c23-15-6-8-17(18(24)10-15)21(13-29-21)22(25,26)20-9-7-16(11-27-20)30-19(12-28)14-4-2-1-3-5-14/h1-12,19H,13H2. The van der Waals surface area contributed by atoms with Crippen LogP contribution in [0, 0.1) is 11.6 Å². The molecule has 0 saturated carbocycles. The Hall–Kier alpha value is -3.26. The van der Waals surface area contributed by atoms with Crippen LogP contribution in [0.25, 0.3) is 0 Å². The highest BCUT2D eigenvalue weighted by molar-refractivity contribution is 5.60. The second-order valence-electron chi connectivity index (χ2n) is 6.78. The average Bonchev–Trinajstić information content (AvgIpc) is 3.55. The van der Waals surface area contributed by atoms with Crippen LogP contribution in [0.4, 0.5) is 17.6 Å². The van der Waals surface area contributed by atoms with E-state index in [2.05, 4.69) is 4.98 Å². The van der Waals surface area contributed by atoms with Crippen molar-refractivity contribution in [1.29, 1.82) is 0 Å². The zero-order valence-corrected chi connectivity index (χ0v) is 15.4. The van der Waals surface area contributed by atoms with Gasteiger partial charge in [-0.25, -0.2) is 8.78 Å². The molecule has 0 radical (unpaired) electrons. The van der Waals surface area contributed by atoms with Crippen molar-refractivity contribution in [3.05, 3.63) is 95.3 Å². The lowest BCUT2D eigenvalue weighted by Crippen LogP contribution is -2.34. The highest BCUT2D eigenvalue weighted by Gasteiger charge is 2.68.